The maximum atomic E-state index is 12.5. The van der Waals surface area contributed by atoms with Crippen LogP contribution < -0.4 is 25.4 Å². The van der Waals surface area contributed by atoms with Crippen molar-refractivity contribution in [2.45, 2.75) is 6.92 Å². The number of benzene rings is 2. The van der Waals surface area contributed by atoms with Crippen molar-refractivity contribution in [3.05, 3.63) is 71.7 Å². The molecule has 9 heteroatoms. The smallest absolute Gasteiger partial charge is 0.291 e. The molecule has 158 valence electrons. The fourth-order valence-electron chi connectivity index (χ4n) is 3.00. The van der Waals surface area contributed by atoms with E-state index in [2.05, 4.69) is 16.0 Å². The van der Waals surface area contributed by atoms with Crippen LogP contribution in [0.15, 0.2) is 59.2 Å². The summed E-state index contributed by atoms with van der Waals surface area (Å²) in [7, 11) is 0. The third-order valence-corrected chi connectivity index (χ3v) is 4.71. The van der Waals surface area contributed by atoms with Gasteiger partial charge in [0.15, 0.2) is 22.4 Å². The second-order valence-electron chi connectivity index (χ2n) is 6.73. The van der Waals surface area contributed by atoms with Crippen molar-refractivity contribution >= 4 is 40.5 Å². The highest BCUT2D eigenvalue weighted by Gasteiger charge is 2.16. The lowest BCUT2D eigenvalue weighted by Gasteiger charge is -2.18. The van der Waals surface area contributed by atoms with Crippen LogP contribution in [0.4, 0.5) is 11.4 Å². The molecule has 2 heterocycles. The average molecular weight is 437 g/mol. The van der Waals surface area contributed by atoms with Gasteiger partial charge in [0.1, 0.15) is 13.2 Å². The molecule has 0 bridgehead atoms. The molecule has 3 N–H and O–H groups in total. The summed E-state index contributed by atoms with van der Waals surface area (Å²) in [6.45, 7) is 2.77. The number of fused-ring (bicyclic) bond motifs is 1. The Bertz CT molecular complexity index is 1140. The monoisotopic (exact) mass is 437 g/mol. The summed E-state index contributed by atoms with van der Waals surface area (Å²) in [5.74, 6) is 0.660. The Morgan fingerprint density at radius 2 is 1.74 bits per heavy atom. The second-order valence-corrected chi connectivity index (χ2v) is 7.14. The van der Waals surface area contributed by atoms with Gasteiger partial charge in [0.2, 0.25) is 0 Å². The first-order valence-corrected chi connectivity index (χ1v) is 9.88. The van der Waals surface area contributed by atoms with Crippen LogP contribution in [-0.4, -0.2) is 30.1 Å². The zero-order valence-electron chi connectivity index (χ0n) is 16.6. The van der Waals surface area contributed by atoms with Crippen LogP contribution in [0.25, 0.3) is 0 Å². The van der Waals surface area contributed by atoms with Crippen molar-refractivity contribution in [3.8, 4) is 11.5 Å². The molecular formula is C22H19N3O5S. The molecule has 2 amide bonds. The lowest BCUT2D eigenvalue weighted by Crippen LogP contribution is -2.34. The summed E-state index contributed by atoms with van der Waals surface area (Å²) in [6.07, 6.45) is 1.44. The summed E-state index contributed by atoms with van der Waals surface area (Å²) in [5.41, 5.74) is 2.52. The fourth-order valence-corrected chi connectivity index (χ4v) is 3.21. The standard InChI is InChI=1S/C22H19N3O5S/c1-13-11-15(5-6-16(13)24-21(27)18-3-2-8-28-18)23-22(31)25-20(26)14-4-7-17-19(12-14)30-10-9-29-17/h2-8,11-12H,9-10H2,1H3,(H,24,27)(H2,23,25,26,31). The fraction of sp³-hybridized carbons (Fsp3) is 0.136. The quantitative estimate of drug-likeness (QED) is 0.535. The molecule has 0 saturated carbocycles. The van der Waals surface area contributed by atoms with Gasteiger partial charge in [-0.1, -0.05) is 0 Å². The predicted octanol–water partition coefficient (Wildman–Crippen LogP) is 3.74. The zero-order chi connectivity index (χ0) is 21.8. The Balaban J connectivity index is 1.36. The minimum Gasteiger partial charge on any atom is -0.486 e. The molecule has 0 atom stereocenters. The molecule has 2 aromatic carbocycles. The van der Waals surface area contributed by atoms with Crippen LogP contribution in [-0.2, 0) is 0 Å². The first-order valence-electron chi connectivity index (χ1n) is 9.47. The molecule has 1 aliphatic heterocycles. The zero-order valence-corrected chi connectivity index (χ0v) is 17.4. The Kier molecular flexibility index (Phi) is 5.85. The molecule has 0 unspecified atom stereocenters. The number of amides is 2. The van der Waals surface area contributed by atoms with E-state index in [1.165, 1.54) is 6.26 Å². The van der Waals surface area contributed by atoms with Crippen LogP contribution >= 0.6 is 12.2 Å². The lowest BCUT2D eigenvalue weighted by atomic mass is 10.1. The molecule has 0 saturated heterocycles. The Morgan fingerprint density at radius 3 is 2.48 bits per heavy atom. The highest BCUT2D eigenvalue weighted by molar-refractivity contribution is 7.80. The van der Waals surface area contributed by atoms with Crippen molar-refractivity contribution < 1.29 is 23.5 Å². The normalized spacial score (nSPS) is 12.0. The third-order valence-electron chi connectivity index (χ3n) is 4.51. The van der Waals surface area contributed by atoms with Crippen LogP contribution in [0.1, 0.15) is 26.5 Å². The van der Waals surface area contributed by atoms with E-state index in [1.807, 2.05) is 6.92 Å². The highest BCUT2D eigenvalue weighted by Crippen LogP contribution is 2.30. The summed E-state index contributed by atoms with van der Waals surface area (Å²) in [4.78, 5) is 24.6. The number of ether oxygens (including phenoxy) is 2. The first kappa shape index (κ1) is 20.4. The maximum Gasteiger partial charge on any atom is 0.291 e. The van der Waals surface area contributed by atoms with Gasteiger partial charge in [-0.05, 0) is 73.2 Å². The van der Waals surface area contributed by atoms with Gasteiger partial charge in [-0.3, -0.25) is 14.9 Å². The number of anilines is 2. The minimum atomic E-state index is -0.367. The summed E-state index contributed by atoms with van der Waals surface area (Å²) < 4.78 is 16.1. The van der Waals surface area contributed by atoms with Crippen LogP contribution in [0, 0.1) is 6.92 Å². The molecular weight excluding hydrogens is 418 g/mol. The largest absolute Gasteiger partial charge is 0.486 e. The van der Waals surface area contributed by atoms with E-state index < -0.39 is 0 Å². The van der Waals surface area contributed by atoms with E-state index in [0.717, 1.165) is 5.56 Å². The van der Waals surface area contributed by atoms with Gasteiger partial charge >= 0.3 is 0 Å². The van der Waals surface area contributed by atoms with Crippen molar-refractivity contribution in [2.24, 2.45) is 0 Å². The Hall–Kier alpha value is -3.85. The van der Waals surface area contributed by atoms with Crippen LogP contribution in [0.2, 0.25) is 0 Å². The van der Waals surface area contributed by atoms with E-state index in [4.69, 9.17) is 26.1 Å². The van der Waals surface area contributed by atoms with Crippen molar-refractivity contribution in [3.63, 3.8) is 0 Å². The van der Waals surface area contributed by atoms with E-state index >= 15 is 0 Å². The van der Waals surface area contributed by atoms with Gasteiger partial charge in [0.05, 0.1) is 6.26 Å². The van der Waals surface area contributed by atoms with E-state index in [9.17, 15) is 9.59 Å². The minimum absolute atomic E-state index is 0.145. The number of aryl methyl sites for hydroxylation is 1. The molecule has 4 rings (SSSR count). The third kappa shape index (κ3) is 4.84. The SMILES string of the molecule is Cc1cc(NC(=S)NC(=O)c2ccc3c(c2)OCCO3)ccc1NC(=O)c1ccco1. The van der Waals surface area contributed by atoms with Crippen LogP contribution in [0.3, 0.4) is 0 Å². The second kappa shape index (κ2) is 8.88. The Morgan fingerprint density at radius 1 is 0.935 bits per heavy atom. The van der Waals surface area contributed by atoms with Gasteiger partial charge in [-0.2, -0.15) is 0 Å². The summed E-state index contributed by atoms with van der Waals surface area (Å²) >= 11 is 5.25. The maximum absolute atomic E-state index is 12.5. The summed E-state index contributed by atoms with van der Waals surface area (Å²) in [5, 5.41) is 8.54. The molecule has 0 aliphatic carbocycles. The van der Waals surface area contributed by atoms with Gasteiger partial charge in [0, 0.05) is 16.9 Å². The van der Waals surface area contributed by atoms with Gasteiger partial charge in [-0.15, -0.1) is 0 Å². The number of rotatable bonds is 4. The molecule has 1 aromatic heterocycles. The van der Waals surface area contributed by atoms with E-state index in [-0.39, 0.29) is 22.7 Å². The number of furan rings is 1. The lowest BCUT2D eigenvalue weighted by molar-refractivity contribution is 0.0973. The molecule has 0 spiro atoms. The number of hydrogen-bond donors (Lipinski definition) is 3. The number of nitrogens with one attached hydrogen (secondary N) is 3. The molecule has 8 nitrogen and oxygen atoms in total. The van der Waals surface area contributed by atoms with Crippen molar-refractivity contribution in [1.29, 1.82) is 0 Å². The molecule has 31 heavy (non-hydrogen) atoms. The Labute approximate surface area is 183 Å². The van der Waals surface area contributed by atoms with E-state index in [1.54, 1.807) is 48.5 Å². The molecule has 3 aromatic rings. The number of hydrogen-bond acceptors (Lipinski definition) is 6. The van der Waals surface area contributed by atoms with Crippen LogP contribution in [0.5, 0.6) is 11.5 Å². The predicted molar refractivity (Wildman–Crippen MR) is 119 cm³/mol. The number of carbonyl (C=O) groups is 2. The number of thiocarbonyl (C=S) groups is 1. The first-order chi connectivity index (χ1) is 15.0. The van der Waals surface area contributed by atoms with Crippen molar-refractivity contribution in [2.75, 3.05) is 23.8 Å². The summed E-state index contributed by atoms with van der Waals surface area (Å²) in [6, 6.07) is 13.5. The molecule has 1 aliphatic rings. The average Bonchev–Trinajstić information content (AvgIpc) is 3.30. The van der Waals surface area contributed by atoms with Gasteiger partial charge in [-0.25, -0.2) is 0 Å². The van der Waals surface area contributed by atoms with Gasteiger partial charge in [0.25, 0.3) is 11.8 Å². The topological polar surface area (TPSA) is 102 Å². The highest BCUT2D eigenvalue weighted by atomic mass is 32.1. The number of carbonyl (C=O) groups excluding carboxylic acids is 2. The molecule has 0 fully saturated rings. The van der Waals surface area contributed by atoms with Gasteiger partial charge < -0.3 is 24.5 Å². The molecule has 0 radical (unpaired) electrons. The van der Waals surface area contributed by atoms with E-state index in [0.29, 0.717) is 41.7 Å². The van der Waals surface area contributed by atoms with Crippen molar-refractivity contribution in [1.82, 2.24) is 5.32 Å².